The lowest BCUT2D eigenvalue weighted by Gasteiger charge is -2.31. The normalized spacial score (nSPS) is 26.8. The van der Waals surface area contributed by atoms with Gasteiger partial charge in [0, 0.05) is 6.20 Å². The summed E-state index contributed by atoms with van der Waals surface area (Å²) in [6.45, 7) is 3.81. The standard InChI is InChI=1S/C13H22N4/c1-10-15-7-6-12(16-10)13-11(9-14)5-3-4-8-17(13)2/h6-7,11,13H,3-5,8-9,14H2,1-2H3. The lowest BCUT2D eigenvalue weighted by molar-refractivity contribution is 0.191. The quantitative estimate of drug-likeness (QED) is 0.843. The number of likely N-dealkylation sites (tertiary alicyclic amines) is 1. The molecule has 2 N–H and O–H groups in total. The van der Waals surface area contributed by atoms with Crippen molar-refractivity contribution in [2.45, 2.75) is 32.2 Å². The summed E-state index contributed by atoms with van der Waals surface area (Å²) in [6.07, 6.45) is 5.58. The van der Waals surface area contributed by atoms with E-state index in [0.29, 0.717) is 12.0 Å². The zero-order valence-electron chi connectivity index (χ0n) is 10.8. The summed E-state index contributed by atoms with van der Waals surface area (Å²) in [4.78, 5) is 11.1. The van der Waals surface area contributed by atoms with Crippen LogP contribution in [0.2, 0.25) is 0 Å². The second kappa shape index (κ2) is 5.56. The molecule has 2 rings (SSSR count). The van der Waals surface area contributed by atoms with Crippen LogP contribution in [0.5, 0.6) is 0 Å². The molecule has 4 heteroatoms. The van der Waals surface area contributed by atoms with E-state index in [1.54, 1.807) is 0 Å². The van der Waals surface area contributed by atoms with Gasteiger partial charge in [-0.05, 0) is 51.9 Å². The van der Waals surface area contributed by atoms with Crippen molar-refractivity contribution >= 4 is 0 Å². The van der Waals surface area contributed by atoms with Gasteiger partial charge in [0.15, 0.2) is 0 Å². The maximum Gasteiger partial charge on any atom is 0.125 e. The molecule has 2 unspecified atom stereocenters. The van der Waals surface area contributed by atoms with Crippen molar-refractivity contribution in [1.82, 2.24) is 14.9 Å². The fourth-order valence-electron chi connectivity index (χ4n) is 2.78. The molecule has 0 bridgehead atoms. The molecular weight excluding hydrogens is 212 g/mol. The van der Waals surface area contributed by atoms with Crippen molar-refractivity contribution in [2.75, 3.05) is 20.1 Å². The number of hydrogen-bond acceptors (Lipinski definition) is 4. The minimum atomic E-state index is 0.351. The molecule has 4 nitrogen and oxygen atoms in total. The smallest absolute Gasteiger partial charge is 0.125 e. The van der Waals surface area contributed by atoms with E-state index in [4.69, 9.17) is 5.73 Å². The molecule has 0 aliphatic carbocycles. The van der Waals surface area contributed by atoms with E-state index in [1.165, 1.54) is 19.3 Å². The van der Waals surface area contributed by atoms with Crippen LogP contribution in [0.25, 0.3) is 0 Å². The highest BCUT2D eigenvalue weighted by Gasteiger charge is 2.29. The van der Waals surface area contributed by atoms with E-state index in [1.807, 2.05) is 19.2 Å². The molecule has 1 aliphatic rings. The first-order chi connectivity index (χ1) is 8.22. The highest BCUT2D eigenvalue weighted by Crippen LogP contribution is 2.32. The molecule has 0 spiro atoms. The number of aryl methyl sites for hydroxylation is 1. The Hall–Kier alpha value is -1.00. The summed E-state index contributed by atoms with van der Waals surface area (Å²) in [6, 6.07) is 2.38. The monoisotopic (exact) mass is 234 g/mol. The van der Waals surface area contributed by atoms with Gasteiger partial charge < -0.3 is 5.73 Å². The third-order valence-corrected chi connectivity index (χ3v) is 3.66. The average Bonchev–Trinajstić information content (AvgIpc) is 2.50. The molecule has 1 aromatic heterocycles. The molecular formula is C13H22N4. The van der Waals surface area contributed by atoms with Crippen LogP contribution >= 0.6 is 0 Å². The van der Waals surface area contributed by atoms with Gasteiger partial charge in [-0.15, -0.1) is 0 Å². The van der Waals surface area contributed by atoms with E-state index in [2.05, 4.69) is 21.9 Å². The Morgan fingerprint density at radius 2 is 2.29 bits per heavy atom. The van der Waals surface area contributed by atoms with Crippen LogP contribution in [0.1, 0.15) is 36.8 Å². The fourth-order valence-corrected chi connectivity index (χ4v) is 2.78. The molecule has 0 aromatic carbocycles. The topological polar surface area (TPSA) is 55.0 Å². The van der Waals surface area contributed by atoms with E-state index in [-0.39, 0.29) is 0 Å². The van der Waals surface area contributed by atoms with Crippen molar-refractivity contribution in [1.29, 1.82) is 0 Å². The van der Waals surface area contributed by atoms with Gasteiger partial charge >= 0.3 is 0 Å². The zero-order chi connectivity index (χ0) is 12.3. The molecule has 2 atom stereocenters. The van der Waals surface area contributed by atoms with E-state index in [0.717, 1.165) is 24.6 Å². The predicted molar refractivity (Wildman–Crippen MR) is 68.5 cm³/mol. The Balaban J connectivity index is 2.30. The summed E-state index contributed by atoms with van der Waals surface area (Å²) in [5, 5.41) is 0. The fraction of sp³-hybridized carbons (Fsp3) is 0.692. The minimum Gasteiger partial charge on any atom is -0.330 e. The number of hydrogen-bond donors (Lipinski definition) is 1. The van der Waals surface area contributed by atoms with Crippen molar-refractivity contribution < 1.29 is 0 Å². The Bertz CT molecular complexity index is 366. The van der Waals surface area contributed by atoms with Gasteiger partial charge in [0.2, 0.25) is 0 Å². The highest BCUT2D eigenvalue weighted by molar-refractivity contribution is 5.10. The van der Waals surface area contributed by atoms with Crippen LogP contribution in [0.4, 0.5) is 0 Å². The molecule has 0 saturated carbocycles. The number of rotatable bonds is 2. The first-order valence-electron chi connectivity index (χ1n) is 6.42. The van der Waals surface area contributed by atoms with Crippen LogP contribution < -0.4 is 5.73 Å². The molecule has 94 valence electrons. The maximum atomic E-state index is 5.93. The lowest BCUT2D eigenvalue weighted by Crippen LogP contribution is -2.33. The Morgan fingerprint density at radius 1 is 1.47 bits per heavy atom. The maximum absolute atomic E-state index is 5.93. The summed E-state index contributed by atoms with van der Waals surface area (Å²) in [5.74, 6) is 1.35. The Morgan fingerprint density at radius 3 is 3.00 bits per heavy atom. The van der Waals surface area contributed by atoms with Gasteiger partial charge in [0.1, 0.15) is 5.82 Å². The van der Waals surface area contributed by atoms with Gasteiger partial charge in [-0.2, -0.15) is 0 Å². The molecule has 0 radical (unpaired) electrons. The van der Waals surface area contributed by atoms with Gasteiger partial charge in [-0.25, -0.2) is 9.97 Å². The van der Waals surface area contributed by atoms with E-state index >= 15 is 0 Å². The van der Waals surface area contributed by atoms with Crippen LogP contribution in [0.3, 0.4) is 0 Å². The molecule has 1 fully saturated rings. The second-order valence-electron chi connectivity index (χ2n) is 4.95. The molecule has 1 aliphatic heterocycles. The zero-order valence-corrected chi connectivity index (χ0v) is 10.8. The Labute approximate surface area is 103 Å². The molecule has 1 aromatic rings. The molecule has 0 amide bonds. The average molecular weight is 234 g/mol. The van der Waals surface area contributed by atoms with Gasteiger partial charge in [-0.3, -0.25) is 4.90 Å². The number of aromatic nitrogens is 2. The van der Waals surface area contributed by atoms with Crippen molar-refractivity contribution in [3.05, 3.63) is 23.8 Å². The van der Waals surface area contributed by atoms with Crippen molar-refractivity contribution in [3.8, 4) is 0 Å². The third-order valence-electron chi connectivity index (χ3n) is 3.66. The number of nitrogens with two attached hydrogens (primary N) is 1. The summed E-state index contributed by atoms with van der Waals surface area (Å²) in [7, 11) is 2.18. The molecule has 2 heterocycles. The van der Waals surface area contributed by atoms with Crippen LogP contribution in [-0.4, -0.2) is 35.0 Å². The first-order valence-corrected chi connectivity index (χ1v) is 6.42. The van der Waals surface area contributed by atoms with Gasteiger partial charge in [-0.1, -0.05) is 6.42 Å². The highest BCUT2D eigenvalue weighted by atomic mass is 15.1. The largest absolute Gasteiger partial charge is 0.330 e. The van der Waals surface area contributed by atoms with E-state index in [9.17, 15) is 0 Å². The summed E-state index contributed by atoms with van der Waals surface area (Å²) < 4.78 is 0. The SMILES string of the molecule is Cc1nccc(C2C(CN)CCCCN2C)n1. The minimum absolute atomic E-state index is 0.351. The van der Waals surface area contributed by atoms with Crippen molar-refractivity contribution in [3.63, 3.8) is 0 Å². The number of nitrogens with zero attached hydrogens (tertiary/aromatic N) is 3. The van der Waals surface area contributed by atoms with Crippen LogP contribution in [0, 0.1) is 12.8 Å². The van der Waals surface area contributed by atoms with Gasteiger partial charge in [0.25, 0.3) is 0 Å². The third kappa shape index (κ3) is 2.82. The summed E-state index contributed by atoms with van der Waals surface area (Å²) >= 11 is 0. The molecule has 1 saturated heterocycles. The lowest BCUT2D eigenvalue weighted by atomic mass is 9.92. The summed E-state index contributed by atoms with van der Waals surface area (Å²) in [5.41, 5.74) is 7.05. The predicted octanol–water partition coefficient (Wildman–Crippen LogP) is 1.52. The van der Waals surface area contributed by atoms with Crippen molar-refractivity contribution in [2.24, 2.45) is 11.7 Å². The van der Waals surface area contributed by atoms with Crippen LogP contribution in [0.15, 0.2) is 12.3 Å². The van der Waals surface area contributed by atoms with Crippen LogP contribution in [-0.2, 0) is 0 Å². The molecule has 17 heavy (non-hydrogen) atoms. The first kappa shape index (κ1) is 12.5. The van der Waals surface area contributed by atoms with E-state index < -0.39 is 0 Å². The second-order valence-corrected chi connectivity index (χ2v) is 4.95. The Kier molecular flexibility index (Phi) is 4.07. The van der Waals surface area contributed by atoms with Gasteiger partial charge in [0.05, 0.1) is 11.7 Å².